The number of nitrogens with one attached hydrogen (secondary N) is 1. The van der Waals surface area contributed by atoms with Crippen molar-refractivity contribution in [1.82, 2.24) is 5.32 Å². The SMILES string of the molecule is NCCCCNCCCCCO. The van der Waals surface area contributed by atoms with Gasteiger partial charge in [0.15, 0.2) is 0 Å². The van der Waals surface area contributed by atoms with Crippen molar-refractivity contribution in [3.63, 3.8) is 0 Å². The molecular formula is C9H22N2O. The first-order chi connectivity index (χ1) is 5.91. The number of aliphatic hydroxyl groups excluding tert-OH is 1. The summed E-state index contributed by atoms with van der Waals surface area (Å²) in [5.41, 5.74) is 5.35. The maximum Gasteiger partial charge on any atom is 0.0431 e. The van der Waals surface area contributed by atoms with Gasteiger partial charge in [0.1, 0.15) is 0 Å². The molecule has 0 aliphatic rings. The van der Waals surface area contributed by atoms with Crippen LogP contribution in [0.5, 0.6) is 0 Å². The fourth-order valence-corrected chi connectivity index (χ4v) is 1.06. The summed E-state index contributed by atoms with van der Waals surface area (Å²) in [6.45, 7) is 3.28. The van der Waals surface area contributed by atoms with Crippen LogP contribution in [-0.2, 0) is 0 Å². The van der Waals surface area contributed by atoms with Crippen molar-refractivity contribution in [2.75, 3.05) is 26.2 Å². The summed E-state index contributed by atoms with van der Waals surface area (Å²) >= 11 is 0. The molecule has 0 unspecified atom stereocenters. The Kier molecular flexibility index (Phi) is 10.8. The molecule has 0 heterocycles. The van der Waals surface area contributed by atoms with E-state index in [9.17, 15) is 0 Å². The molecule has 0 fully saturated rings. The second kappa shape index (κ2) is 10.9. The zero-order chi connectivity index (χ0) is 9.07. The fourth-order valence-electron chi connectivity index (χ4n) is 1.06. The summed E-state index contributed by atoms with van der Waals surface area (Å²) in [7, 11) is 0. The molecule has 12 heavy (non-hydrogen) atoms. The molecule has 0 saturated carbocycles. The molecule has 74 valence electrons. The molecular weight excluding hydrogens is 152 g/mol. The number of rotatable bonds is 9. The van der Waals surface area contributed by atoms with Gasteiger partial charge in [-0.2, -0.15) is 0 Å². The van der Waals surface area contributed by atoms with Crippen LogP contribution in [0.15, 0.2) is 0 Å². The molecule has 0 radical (unpaired) electrons. The summed E-state index contributed by atoms with van der Waals surface area (Å²) in [5.74, 6) is 0. The highest BCUT2D eigenvalue weighted by molar-refractivity contribution is 4.49. The predicted molar refractivity (Wildman–Crippen MR) is 52.1 cm³/mol. The summed E-state index contributed by atoms with van der Waals surface area (Å²) in [4.78, 5) is 0. The molecule has 0 aliphatic heterocycles. The second-order valence-electron chi connectivity index (χ2n) is 3.03. The minimum absolute atomic E-state index is 0.327. The Labute approximate surface area is 75.3 Å². The molecule has 0 aromatic heterocycles. The maximum atomic E-state index is 8.50. The van der Waals surface area contributed by atoms with Gasteiger partial charge in [0.05, 0.1) is 0 Å². The topological polar surface area (TPSA) is 58.3 Å². The molecule has 0 bridgehead atoms. The van der Waals surface area contributed by atoms with E-state index < -0.39 is 0 Å². The molecule has 0 atom stereocenters. The zero-order valence-electron chi connectivity index (χ0n) is 7.89. The summed E-state index contributed by atoms with van der Waals surface area (Å²) < 4.78 is 0. The van der Waals surface area contributed by atoms with Crippen LogP contribution in [0.1, 0.15) is 32.1 Å². The van der Waals surface area contributed by atoms with Gasteiger partial charge in [0.2, 0.25) is 0 Å². The fraction of sp³-hybridized carbons (Fsp3) is 1.00. The highest BCUT2D eigenvalue weighted by Gasteiger charge is 1.88. The normalized spacial score (nSPS) is 10.5. The van der Waals surface area contributed by atoms with E-state index >= 15 is 0 Å². The van der Waals surface area contributed by atoms with Gasteiger partial charge in [0.25, 0.3) is 0 Å². The molecule has 0 aromatic carbocycles. The number of nitrogens with two attached hydrogens (primary N) is 1. The molecule has 3 heteroatoms. The van der Waals surface area contributed by atoms with E-state index in [1.807, 2.05) is 0 Å². The first-order valence-corrected chi connectivity index (χ1v) is 4.93. The van der Waals surface area contributed by atoms with Crippen molar-refractivity contribution in [2.24, 2.45) is 5.73 Å². The Balaban J connectivity index is 2.73. The Hall–Kier alpha value is -0.120. The van der Waals surface area contributed by atoms with Crippen molar-refractivity contribution in [1.29, 1.82) is 0 Å². The Bertz CT molecular complexity index is 68.9. The van der Waals surface area contributed by atoms with Crippen molar-refractivity contribution in [3.8, 4) is 0 Å². The lowest BCUT2D eigenvalue weighted by molar-refractivity contribution is 0.283. The van der Waals surface area contributed by atoms with Gasteiger partial charge in [-0.25, -0.2) is 0 Å². The highest BCUT2D eigenvalue weighted by Crippen LogP contribution is 1.92. The first-order valence-electron chi connectivity index (χ1n) is 4.93. The minimum Gasteiger partial charge on any atom is -0.396 e. The van der Waals surface area contributed by atoms with E-state index in [0.717, 1.165) is 38.9 Å². The molecule has 0 aliphatic carbocycles. The van der Waals surface area contributed by atoms with Crippen LogP contribution in [0.2, 0.25) is 0 Å². The third-order valence-electron chi connectivity index (χ3n) is 1.82. The van der Waals surface area contributed by atoms with Gasteiger partial charge in [-0.3, -0.25) is 0 Å². The van der Waals surface area contributed by atoms with Gasteiger partial charge in [-0.15, -0.1) is 0 Å². The Morgan fingerprint density at radius 1 is 0.917 bits per heavy atom. The molecule has 0 aromatic rings. The summed E-state index contributed by atoms with van der Waals surface area (Å²) in [6.07, 6.45) is 5.52. The van der Waals surface area contributed by atoms with E-state index in [-0.39, 0.29) is 0 Å². The van der Waals surface area contributed by atoms with Crippen LogP contribution < -0.4 is 11.1 Å². The average Bonchev–Trinajstić information content (AvgIpc) is 2.10. The number of unbranched alkanes of at least 4 members (excludes halogenated alkanes) is 3. The van der Waals surface area contributed by atoms with Crippen molar-refractivity contribution in [2.45, 2.75) is 32.1 Å². The van der Waals surface area contributed by atoms with Crippen LogP contribution in [0.3, 0.4) is 0 Å². The van der Waals surface area contributed by atoms with E-state index in [1.54, 1.807) is 0 Å². The van der Waals surface area contributed by atoms with Crippen LogP contribution in [0.4, 0.5) is 0 Å². The van der Waals surface area contributed by atoms with Crippen molar-refractivity contribution >= 4 is 0 Å². The average molecular weight is 174 g/mol. The van der Waals surface area contributed by atoms with Crippen LogP contribution in [-0.4, -0.2) is 31.3 Å². The quantitative estimate of drug-likeness (QED) is 0.446. The van der Waals surface area contributed by atoms with Crippen molar-refractivity contribution < 1.29 is 5.11 Å². The zero-order valence-corrected chi connectivity index (χ0v) is 7.89. The van der Waals surface area contributed by atoms with Gasteiger partial charge in [-0.1, -0.05) is 0 Å². The molecule has 3 nitrogen and oxygen atoms in total. The molecule has 0 saturated heterocycles. The summed E-state index contributed by atoms with van der Waals surface area (Å²) in [6, 6.07) is 0. The van der Waals surface area contributed by atoms with Gasteiger partial charge < -0.3 is 16.2 Å². The largest absolute Gasteiger partial charge is 0.396 e. The lowest BCUT2D eigenvalue weighted by Crippen LogP contribution is -2.17. The Morgan fingerprint density at radius 2 is 1.58 bits per heavy atom. The first kappa shape index (κ1) is 11.9. The number of aliphatic hydroxyl groups is 1. The predicted octanol–water partition coefficient (Wildman–Crippen LogP) is 0.478. The van der Waals surface area contributed by atoms with Gasteiger partial charge in [0, 0.05) is 6.61 Å². The van der Waals surface area contributed by atoms with Gasteiger partial charge >= 0.3 is 0 Å². The lowest BCUT2D eigenvalue weighted by atomic mass is 10.2. The van der Waals surface area contributed by atoms with E-state index in [4.69, 9.17) is 10.8 Å². The third-order valence-corrected chi connectivity index (χ3v) is 1.82. The van der Waals surface area contributed by atoms with E-state index in [1.165, 1.54) is 12.8 Å². The highest BCUT2D eigenvalue weighted by atomic mass is 16.2. The Morgan fingerprint density at radius 3 is 2.17 bits per heavy atom. The van der Waals surface area contributed by atoms with E-state index in [0.29, 0.717) is 6.61 Å². The smallest absolute Gasteiger partial charge is 0.0431 e. The van der Waals surface area contributed by atoms with Crippen LogP contribution in [0.25, 0.3) is 0 Å². The molecule has 4 N–H and O–H groups in total. The van der Waals surface area contributed by atoms with Crippen LogP contribution >= 0.6 is 0 Å². The third kappa shape index (κ3) is 9.88. The number of hydrogen-bond donors (Lipinski definition) is 3. The van der Waals surface area contributed by atoms with Crippen molar-refractivity contribution in [3.05, 3.63) is 0 Å². The summed E-state index contributed by atoms with van der Waals surface area (Å²) in [5, 5.41) is 11.8. The van der Waals surface area contributed by atoms with E-state index in [2.05, 4.69) is 5.32 Å². The molecule has 0 spiro atoms. The number of hydrogen-bond acceptors (Lipinski definition) is 3. The second-order valence-corrected chi connectivity index (χ2v) is 3.03. The van der Waals surface area contributed by atoms with Crippen LogP contribution in [0, 0.1) is 0 Å². The maximum absolute atomic E-state index is 8.50. The van der Waals surface area contributed by atoms with Gasteiger partial charge in [-0.05, 0) is 51.7 Å². The standard InChI is InChI=1S/C9H22N2O/c10-6-2-4-8-11-7-3-1-5-9-12/h11-12H,1-10H2. The molecule has 0 rings (SSSR count). The lowest BCUT2D eigenvalue weighted by Gasteiger charge is -2.02. The minimum atomic E-state index is 0.327. The monoisotopic (exact) mass is 174 g/mol. The molecule has 0 amide bonds.